The van der Waals surface area contributed by atoms with Gasteiger partial charge in [-0.15, -0.1) is 11.3 Å². The molecule has 1 saturated heterocycles. The molecule has 0 aliphatic carbocycles. The van der Waals surface area contributed by atoms with Crippen molar-refractivity contribution in [2.45, 2.75) is 45.6 Å². The van der Waals surface area contributed by atoms with Crippen LogP contribution in [-0.2, 0) is 17.6 Å². The summed E-state index contributed by atoms with van der Waals surface area (Å²) in [7, 11) is 1.69. The Bertz CT molecular complexity index is 580. The molecule has 0 unspecified atom stereocenters. The van der Waals surface area contributed by atoms with E-state index in [0.717, 1.165) is 62.8 Å². The summed E-state index contributed by atoms with van der Waals surface area (Å²) >= 11 is 1.78. The van der Waals surface area contributed by atoms with Crippen molar-refractivity contribution in [2.24, 2.45) is 4.99 Å². The number of likely N-dealkylation sites (tertiary alicyclic amines) is 1. The van der Waals surface area contributed by atoms with Crippen LogP contribution >= 0.6 is 11.3 Å². The minimum Gasteiger partial charge on any atom is -0.358 e. The summed E-state index contributed by atoms with van der Waals surface area (Å²) in [6.07, 6.45) is 5.94. The number of nitrogens with one attached hydrogen (secondary N) is 3. The molecule has 1 aromatic heterocycles. The maximum atomic E-state index is 11.5. The number of aliphatic imine (C=N–C) groups is 1. The van der Waals surface area contributed by atoms with Gasteiger partial charge in [0.25, 0.3) is 0 Å². The average molecular weight is 381 g/mol. The number of carbonyl (C=O) groups is 1. The third kappa shape index (κ3) is 6.92. The highest BCUT2D eigenvalue weighted by molar-refractivity contribution is 7.11. The van der Waals surface area contributed by atoms with Crippen molar-refractivity contribution in [3.63, 3.8) is 0 Å². The molecule has 1 aliphatic rings. The Morgan fingerprint density at radius 3 is 2.77 bits per heavy atom. The first-order chi connectivity index (χ1) is 12.6. The maximum absolute atomic E-state index is 11.5. The zero-order valence-corrected chi connectivity index (χ0v) is 17.0. The topological polar surface area (TPSA) is 81.7 Å². The Morgan fingerprint density at radius 2 is 2.15 bits per heavy atom. The Hall–Kier alpha value is -1.67. The average Bonchev–Trinajstić information content (AvgIpc) is 3.11. The van der Waals surface area contributed by atoms with E-state index in [2.05, 4.69) is 39.7 Å². The van der Waals surface area contributed by atoms with Gasteiger partial charge in [-0.3, -0.25) is 14.7 Å². The molecule has 7 nitrogen and oxygen atoms in total. The summed E-state index contributed by atoms with van der Waals surface area (Å²) in [5.74, 6) is 0.962. The molecule has 2 heterocycles. The van der Waals surface area contributed by atoms with E-state index >= 15 is 0 Å². The van der Waals surface area contributed by atoms with Gasteiger partial charge >= 0.3 is 0 Å². The number of guanidine groups is 1. The first-order valence-corrected chi connectivity index (χ1v) is 10.4. The molecule has 8 heteroatoms. The van der Waals surface area contributed by atoms with Gasteiger partial charge in [0.2, 0.25) is 5.91 Å². The fraction of sp³-hybridized carbons (Fsp3) is 0.722. The Labute approximate surface area is 160 Å². The van der Waals surface area contributed by atoms with Gasteiger partial charge in [-0.25, -0.2) is 4.98 Å². The number of amides is 1. The molecule has 26 heavy (non-hydrogen) atoms. The van der Waals surface area contributed by atoms with Gasteiger partial charge in [-0.2, -0.15) is 0 Å². The molecule has 146 valence electrons. The normalized spacial score (nSPS) is 16.5. The van der Waals surface area contributed by atoms with E-state index in [-0.39, 0.29) is 5.91 Å². The summed E-state index contributed by atoms with van der Waals surface area (Å²) in [5.41, 5.74) is 0. The van der Waals surface area contributed by atoms with Crippen LogP contribution in [0.5, 0.6) is 0 Å². The van der Waals surface area contributed by atoms with Crippen LogP contribution in [0.15, 0.2) is 11.2 Å². The first kappa shape index (κ1) is 20.6. The number of nitrogens with zero attached hydrogens (tertiary/aromatic N) is 3. The molecule has 0 saturated carbocycles. The van der Waals surface area contributed by atoms with Crippen molar-refractivity contribution < 1.29 is 4.79 Å². The lowest BCUT2D eigenvalue weighted by Crippen LogP contribution is -2.50. The van der Waals surface area contributed by atoms with Gasteiger partial charge in [0, 0.05) is 56.8 Å². The maximum Gasteiger partial charge on any atom is 0.233 e. The van der Waals surface area contributed by atoms with Crippen LogP contribution in [-0.4, -0.2) is 67.6 Å². The first-order valence-electron chi connectivity index (χ1n) is 9.55. The minimum absolute atomic E-state index is 0.0831. The van der Waals surface area contributed by atoms with Crippen LogP contribution in [0.3, 0.4) is 0 Å². The van der Waals surface area contributed by atoms with Gasteiger partial charge in [0.1, 0.15) is 0 Å². The smallest absolute Gasteiger partial charge is 0.233 e. The second-order valence-corrected chi connectivity index (χ2v) is 7.65. The molecule has 1 amide bonds. The SMILES string of the molecule is CCNC(=NCCc1ncc(CC)s1)NC1CCN(CC(=O)NC)CC1. The summed E-state index contributed by atoms with van der Waals surface area (Å²) in [5, 5.41) is 10.7. The van der Waals surface area contributed by atoms with Gasteiger partial charge in [-0.1, -0.05) is 6.92 Å². The van der Waals surface area contributed by atoms with E-state index in [1.54, 1.807) is 18.4 Å². The molecule has 0 radical (unpaired) electrons. The van der Waals surface area contributed by atoms with Gasteiger partial charge in [0.05, 0.1) is 11.6 Å². The number of thiazole rings is 1. The monoisotopic (exact) mass is 380 g/mol. The van der Waals surface area contributed by atoms with E-state index in [1.165, 1.54) is 4.88 Å². The molecule has 1 aliphatic heterocycles. The number of rotatable bonds is 8. The van der Waals surface area contributed by atoms with E-state index in [0.29, 0.717) is 12.6 Å². The minimum atomic E-state index is 0.0831. The van der Waals surface area contributed by atoms with Crippen molar-refractivity contribution in [2.75, 3.05) is 39.8 Å². The summed E-state index contributed by atoms with van der Waals surface area (Å²) in [4.78, 5) is 24.2. The van der Waals surface area contributed by atoms with Crippen molar-refractivity contribution in [1.82, 2.24) is 25.8 Å². The fourth-order valence-corrected chi connectivity index (χ4v) is 3.77. The van der Waals surface area contributed by atoms with Crippen molar-refractivity contribution in [3.8, 4) is 0 Å². The van der Waals surface area contributed by atoms with E-state index < -0.39 is 0 Å². The second-order valence-electron chi connectivity index (χ2n) is 6.45. The highest BCUT2D eigenvalue weighted by Crippen LogP contribution is 2.14. The lowest BCUT2D eigenvalue weighted by Gasteiger charge is -2.32. The van der Waals surface area contributed by atoms with Crippen LogP contribution in [0.25, 0.3) is 0 Å². The van der Waals surface area contributed by atoms with Crippen molar-refractivity contribution in [3.05, 3.63) is 16.1 Å². The van der Waals surface area contributed by atoms with Crippen molar-refractivity contribution in [1.29, 1.82) is 0 Å². The van der Waals surface area contributed by atoms with Crippen LogP contribution in [0.1, 0.15) is 36.6 Å². The van der Waals surface area contributed by atoms with Gasteiger partial charge < -0.3 is 16.0 Å². The van der Waals surface area contributed by atoms with Gasteiger partial charge in [-0.05, 0) is 26.2 Å². The summed E-state index contributed by atoms with van der Waals surface area (Å²) < 4.78 is 0. The molecule has 0 bridgehead atoms. The number of aryl methyl sites for hydroxylation is 1. The van der Waals surface area contributed by atoms with Crippen LogP contribution < -0.4 is 16.0 Å². The lowest BCUT2D eigenvalue weighted by atomic mass is 10.1. The number of hydrogen-bond acceptors (Lipinski definition) is 5. The van der Waals surface area contributed by atoms with Gasteiger partial charge in [0.15, 0.2) is 5.96 Å². The number of carbonyl (C=O) groups excluding carboxylic acids is 1. The fourth-order valence-electron chi connectivity index (χ4n) is 2.92. The Morgan fingerprint density at radius 1 is 1.38 bits per heavy atom. The van der Waals surface area contributed by atoms with Crippen molar-refractivity contribution >= 4 is 23.2 Å². The predicted octanol–water partition coefficient (Wildman–Crippen LogP) is 1.01. The molecule has 1 fully saturated rings. The lowest BCUT2D eigenvalue weighted by molar-refractivity contribution is -0.122. The highest BCUT2D eigenvalue weighted by Gasteiger charge is 2.21. The third-order valence-corrected chi connectivity index (χ3v) is 5.67. The zero-order valence-electron chi connectivity index (χ0n) is 16.2. The number of piperidine rings is 1. The standard InChI is InChI=1S/C18H32N6OS/c1-4-15-12-22-17(26-15)6-9-21-18(20-5-2)23-14-7-10-24(11-8-14)13-16(25)19-3/h12,14H,4-11,13H2,1-3H3,(H,19,25)(H2,20,21,23). The number of likely N-dealkylation sites (N-methyl/N-ethyl adjacent to an activating group) is 1. The summed E-state index contributed by atoms with van der Waals surface area (Å²) in [6.45, 7) is 8.18. The molecule has 0 spiro atoms. The molecule has 2 rings (SSSR count). The molecular formula is C18H32N6OS. The quantitative estimate of drug-likeness (QED) is 0.463. The molecule has 0 atom stereocenters. The number of hydrogen-bond donors (Lipinski definition) is 3. The second kappa shape index (κ2) is 11.1. The third-order valence-electron chi connectivity index (χ3n) is 4.46. The van der Waals surface area contributed by atoms with Crippen LogP contribution in [0, 0.1) is 0 Å². The molecule has 1 aromatic rings. The zero-order chi connectivity index (χ0) is 18.8. The molecular weight excluding hydrogens is 348 g/mol. The van der Waals surface area contributed by atoms with E-state index in [1.807, 2.05) is 6.20 Å². The number of aromatic nitrogens is 1. The summed E-state index contributed by atoms with van der Waals surface area (Å²) in [6, 6.07) is 0.403. The van der Waals surface area contributed by atoms with E-state index in [4.69, 9.17) is 4.99 Å². The molecule has 0 aromatic carbocycles. The molecule has 3 N–H and O–H groups in total. The Kier molecular flexibility index (Phi) is 8.84. The Balaban J connectivity index is 1.77. The highest BCUT2D eigenvalue weighted by atomic mass is 32.1. The van der Waals surface area contributed by atoms with Crippen LogP contribution in [0.4, 0.5) is 0 Å². The largest absolute Gasteiger partial charge is 0.358 e. The predicted molar refractivity (Wildman–Crippen MR) is 108 cm³/mol. The van der Waals surface area contributed by atoms with Crippen LogP contribution in [0.2, 0.25) is 0 Å². The van der Waals surface area contributed by atoms with E-state index in [9.17, 15) is 4.79 Å².